The molecule has 0 aromatic heterocycles. The normalized spacial score (nSPS) is 25.1. The molecule has 3 heterocycles. The Morgan fingerprint density at radius 3 is 2.68 bits per heavy atom. The van der Waals surface area contributed by atoms with Gasteiger partial charge in [0.1, 0.15) is 0 Å². The zero-order valence-corrected chi connectivity index (χ0v) is 15.8. The van der Waals surface area contributed by atoms with Crippen molar-refractivity contribution in [2.75, 3.05) is 39.4 Å². The van der Waals surface area contributed by atoms with Gasteiger partial charge in [-0.15, -0.1) is 0 Å². The van der Waals surface area contributed by atoms with Gasteiger partial charge >= 0.3 is 0 Å². The zero-order chi connectivity index (χ0) is 17.1. The molecule has 3 aliphatic heterocycles. The molecule has 4 rings (SSSR count). The molecule has 2 saturated heterocycles. The van der Waals surface area contributed by atoms with Crippen LogP contribution in [0.5, 0.6) is 11.5 Å². The van der Waals surface area contributed by atoms with Crippen LogP contribution in [0.25, 0.3) is 0 Å². The average Bonchev–Trinajstić information content (AvgIpc) is 2.90. The fourth-order valence-corrected chi connectivity index (χ4v) is 4.65. The molecule has 1 unspecified atom stereocenters. The molecular formula is C20H29ClN2O2. The molecule has 3 aliphatic rings. The van der Waals surface area contributed by atoms with E-state index in [2.05, 4.69) is 21.9 Å². The van der Waals surface area contributed by atoms with Crippen LogP contribution in [0.15, 0.2) is 12.1 Å². The molecule has 4 nitrogen and oxygen atoms in total. The molecule has 0 radical (unpaired) electrons. The number of nitrogens with zero attached hydrogens (tertiary/aromatic N) is 2. The Morgan fingerprint density at radius 1 is 0.960 bits per heavy atom. The Kier molecular flexibility index (Phi) is 5.69. The number of likely N-dealkylation sites (tertiary alicyclic amines) is 2. The Morgan fingerprint density at radius 2 is 1.80 bits per heavy atom. The van der Waals surface area contributed by atoms with Crippen LogP contribution < -0.4 is 9.47 Å². The molecule has 2 fully saturated rings. The van der Waals surface area contributed by atoms with Gasteiger partial charge in [0.05, 0.1) is 18.2 Å². The number of hydrogen-bond donors (Lipinski definition) is 0. The highest BCUT2D eigenvalue weighted by atomic mass is 35.5. The maximum absolute atomic E-state index is 6.47. The van der Waals surface area contributed by atoms with Gasteiger partial charge in [0.2, 0.25) is 0 Å². The monoisotopic (exact) mass is 364 g/mol. The second kappa shape index (κ2) is 8.15. The van der Waals surface area contributed by atoms with Crippen LogP contribution in [0.3, 0.4) is 0 Å². The van der Waals surface area contributed by atoms with Crippen LogP contribution in [-0.4, -0.2) is 55.2 Å². The minimum Gasteiger partial charge on any atom is -0.489 e. The Hall–Kier alpha value is -0.970. The summed E-state index contributed by atoms with van der Waals surface area (Å²) in [6.07, 6.45) is 7.66. The molecule has 0 aliphatic carbocycles. The number of ether oxygens (including phenoxy) is 2. The topological polar surface area (TPSA) is 24.9 Å². The van der Waals surface area contributed by atoms with Crippen molar-refractivity contribution >= 4 is 11.6 Å². The molecule has 0 amide bonds. The number of hydrogen-bond acceptors (Lipinski definition) is 4. The van der Waals surface area contributed by atoms with Gasteiger partial charge in [0.25, 0.3) is 0 Å². The van der Waals surface area contributed by atoms with Gasteiger partial charge in [0.15, 0.2) is 11.5 Å². The quantitative estimate of drug-likeness (QED) is 0.807. The highest BCUT2D eigenvalue weighted by Gasteiger charge is 2.27. The van der Waals surface area contributed by atoms with Gasteiger partial charge < -0.3 is 14.4 Å². The minimum absolute atomic E-state index is 0.674. The number of fused-ring (bicyclic) bond motifs is 1. The van der Waals surface area contributed by atoms with Crippen LogP contribution in [0.1, 0.15) is 44.1 Å². The van der Waals surface area contributed by atoms with E-state index in [0.29, 0.717) is 30.0 Å². The van der Waals surface area contributed by atoms with Crippen LogP contribution in [0, 0.1) is 0 Å². The standard InChI is InChI=1S/C20H29ClN2O2/c21-18-12-16(13-19-20(18)25-11-5-10-24-19)14-23-9-4-6-17(23)15-22-7-2-1-3-8-22/h12-13,17H,1-11,14-15H2. The molecule has 0 saturated carbocycles. The Balaban J connectivity index is 1.43. The summed E-state index contributed by atoms with van der Waals surface area (Å²) in [6.45, 7) is 7.29. The van der Waals surface area contributed by atoms with E-state index in [0.717, 1.165) is 18.7 Å². The first-order valence-corrected chi connectivity index (χ1v) is 10.2. The Labute approximate surface area is 156 Å². The molecule has 0 N–H and O–H groups in total. The molecule has 1 aromatic rings. The van der Waals surface area contributed by atoms with Gasteiger partial charge in [-0.1, -0.05) is 18.0 Å². The van der Waals surface area contributed by atoms with Crippen LogP contribution >= 0.6 is 11.6 Å². The maximum Gasteiger partial charge on any atom is 0.179 e. The number of benzene rings is 1. The molecule has 5 heteroatoms. The first-order valence-electron chi connectivity index (χ1n) is 9.84. The molecule has 1 atom stereocenters. The van der Waals surface area contributed by atoms with E-state index in [1.807, 2.05) is 0 Å². The van der Waals surface area contributed by atoms with Crippen molar-refractivity contribution in [2.24, 2.45) is 0 Å². The molecule has 138 valence electrons. The summed E-state index contributed by atoms with van der Waals surface area (Å²) in [4.78, 5) is 5.29. The Bertz CT molecular complexity index is 589. The van der Waals surface area contributed by atoms with Gasteiger partial charge in [-0.3, -0.25) is 4.90 Å². The predicted molar refractivity (Wildman–Crippen MR) is 101 cm³/mol. The lowest BCUT2D eigenvalue weighted by Crippen LogP contribution is -2.42. The average molecular weight is 365 g/mol. The zero-order valence-electron chi connectivity index (χ0n) is 15.0. The number of piperidine rings is 1. The lowest BCUT2D eigenvalue weighted by atomic mass is 10.1. The molecule has 1 aromatic carbocycles. The van der Waals surface area contributed by atoms with E-state index in [1.54, 1.807) is 0 Å². The largest absolute Gasteiger partial charge is 0.489 e. The van der Waals surface area contributed by atoms with E-state index >= 15 is 0 Å². The summed E-state index contributed by atoms with van der Waals surface area (Å²) in [5.41, 5.74) is 1.24. The van der Waals surface area contributed by atoms with E-state index in [9.17, 15) is 0 Å². The predicted octanol–water partition coefficient (Wildman–Crippen LogP) is 3.95. The van der Waals surface area contributed by atoms with E-state index in [1.165, 1.54) is 63.8 Å². The van der Waals surface area contributed by atoms with Crippen LogP contribution in [0.4, 0.5) is 0 Å². The minimum atomic E-state index is 0.674. The lowest BCUT2D eigenvalue weighted by molar-refractivity contribution is 0.149. The third-order valence-corrected chi connectivity index (χ3v) is 5.95. The summed E-state index contributed by atoms with van der Waals surface area (Å²) in [6, 6.07) is 4.86. The summed E-state index contributed by atoms with van der Waals surface area (Å²) < 4.78 is 11.6. The van der Waals surface area contributed by atoms with Crippen molar-refractivity contribution < 1.29 is 9.47 Å². The van der Waals surface area contributed by atoms with Gasteiger partial charge in [-0.05, 0) is 63.0 Å². The smallest absolute Gasteiger partial charge is 0.179 e. The second-order valence-corrected chi connectivity index (χ2v) is 7.99. The fraction of sp³-hybridized carbons (Fsp3) is 0.700. The van der Waals surface area contributed by atoms with Crippen LogP contribution in [0.2, 0.25) is 5.02 Å². The summed E-state index contributed by atoms with van der Waals surface area (Å²) in [5, 5.41) is 0.682. The lowest BCUT2D eigenvalue weighted by Gasteiger charge is -2.33. The van der Waals surface area contributed by atoms with E-state index in [4.69, 9.17) is 21.1 Å². The summed E-state index contributed by atoms with van der Waals surface area (Å²) in [5.74, 6) is 1.53. The second-order valence-electron chi connectivity index (χ2n) is 7.58. The fourth-order valence-electron chi connectivity index (χ4n) is 4.36. The van der Waals surface area contributed by atoms with Crippen LogP contribution in [-0.2, 0) is 6.54 Å². The maximum atomic E-state index is 6.47. The SMILES string of the molecule is Clc1cc(CN2CCCC2CN2CCCCC2)cc2c1OCCCO2. The van der Waals surface area contributed by atoms with Crippen molar-refractivity contribution in [1.82, 2.24) is 9.80 Å². The number of rotatable bonds is 4. The van der Waals surface area contributed by atoms with Gasteiger partial charge in [-0.2, -0.15) is 0 Å². The van der Waals surface area contributed by atoms with Crippen molar-refractivity contribution in [1.29, 1.82) is 0 Å². The highest BCUT2D eigenvalue weighted by molar-refractivity contribution is 6.32. The first-order chi connectivity index (χ1) is 12.3. The molecular weight excluding hydrogens is 336 g/mol. The van der Waals surface area contributed by atoms with E-state index in [-0.39, 0.29) is 0 Å². The summed E-state index contributed by atoms with van der Waals surface area (Å²) >= 11 is 6.47. The van der Waals surface area contributed by atoms with Crippen molar-refractivity contribution in [3.8, 4) is 11.5 Å². The summed E-state index contributed by atoms with van der Waals surface area (Å²) in [7, 11) is 0. The molecule has 0 spiro atoms. The first kappa shape index (κ1) is 17.4. The molecule has 25 heavy (non-hydrogen) atoms. The van der Waals surface area contributed by atoms with Gasteiger partial charge in [0, 0.05) is 25.6 Å². The van der Waals surface area contributed by atoms with Gasteiger partial charge in [-0.25, -0.2) is 0 Å². The highest BCUT2D eigenvalue weighted by Crippen LogP contribution is 2.38. The van der Waals surface area contributed by atoms with Crippen molar-refractivity contribution in [3.05, 3.63) is 22.7 Å². The molecule has 0 bridgehead atoms. The van der Waals surface area contributed by atoms with Crippen molar-refractivity contribution in [2.45, 2.75) is 51.1 Å². The number of halogens is 1. The van der Waals surface area contributed by atoms with Crippen molar-refractivity contribution in [3.63, 3.8) is 0 Å². The van der Waals surface area contributed by atoms with E-state index < -0.39 is 0 Å². The third kappa shape index (κ3) is 4.24. The third-order valence-electron chi connectivity index (χ3n) is 5.66.